The Labute approximate surface area is 167 Å². The lowest BCUT2D eigenvalue weighted by molar-refractivity contribution is -0.127. The Bertz CT molecular complexity index is 918. The fraction of sp³-hybridized carbons (Fsp3) is 0.250. The number of nitrogens with zero attached hydrogens (tertiary/aromatic N) is 2. The molecular formula is C20H21N3O4S. The minimum Gasteiger partial charge on any atom is -0.494 e. The average Bonchev–Trinajstić information content (AvgIpc) is 3.23. The molecule has 8 heteroatoms. The van der Waals surface area contributed by atoms with E-state index in [-0.39, 0.29) is 6.54 Å². The van der Waals surface area contributed by atoms with Crippen LogP contribution in [-0.2, 0) is 16.1 Å². The van der Waals surface area contributed by atoms with Crippen molar-refractivity contribution in [1.29, 1.82) is 0 Å². The maximum Gasteiger partial charge on any atom is 0.294 e. The van der Waals surface area contributed by atoms with Crippen molar-refractivity contribution in [2.45, 2.75) is 20.4 Å². The summed E-state index contributed by atoms with van der Waals surface area (Å²) in [6.45, 7) is 4.87. The van der Waals surface area contributed by atoms with Crippen LogP contribution >= 0.6 is 11.8 Å². The van der Waals surface area contributed by atoms with Crippen LogP contribution in [0.25, 0.3) is 6.08 Å². The highest BCUT2D eigenvalue weighted by atomic mass is 32.2. The number of anilines is 1. The molecule has 1 aromatic heterocycles. The highest BCUT2D eigenvalue weighted by molar-refractivity contribution is 8.18. The summed E-state index contributed by atoms with van der Waals surface area (Å²) < 4.78 is 7.32. The highest BCUT2D eigenvalue weighted by Gasteiger charge is 2.36. The Kier molecular flexibility index (Phi) is 6.20. The summed E-state index contributed by atoms with van der Waals surface area (Å²) in [6, 6.07) is 10.6. The van der Waals surface area contributed by atoms with Gasteiger partial charge in [-0.25, -0.2) is 0 Å². The summed E-state index contributed by atoms with van der Waals surface area (Å²) in [6.07, 6.45) is 3.58. The van der Waals surface area contributed by atoms with E-state index in [1.807, 2.05) is 36.7 Å². The maximum absolute atomic E-state index is 12.6. The molecule has 1 saturated heterocycles. The lowest BCUT2D eigenvalue weighted by atomic mass is 10.3. The standard InChI is InChI=1S/C20H21N3O4S/c1-3-22-11-5-6-15(22)12-17-19(25)23(20(26)28-17)13-18(24)21-14-7-9-16(10-8-14)27-4-2/h5-12H,3-4,13H2,1-2H3,(H,21,24)/b17-12+. The van der Waals surface area contributed by atoms with Crippen LogP contribution in [-0.4, -0.2) is 39.7 Å². The van der Waals surface area contributed by atoms with E-state index in [4.69, 9.17) is 4.74 Å². The monoisotopic (exact) mass is 399 g/mol. The van der Waals surface area contributed by atoms with Gasteiger partial charge in [0.05, 0.1) is 11.5 Å². The maximum atomic E-state index is 12.6. The molecule has 0 radical (unpaired) electrons. The molecule has 1 aliphatic heterocycles. The van der Waals surface area contributed by atoms with Crippen LogP contribution in [0.3, 0.4) is 0 Å². The zero-order valence-electron chi connectivity index (χ0n) is 15.7. The van der Waals surface area contributed by atoms with Gasteiger partial charge in [-0.2, -0.15) is 0 Å². The molecule has 1 N–H and O–H groups in total. The van der Waals surface area contributed by atoms with Crippen LogP contribution in [0, 0.1) is 0 Å². The molecule has 2 aromatic rings. The van der Waals surface area contributed by atoms with E-state index in [9.17, 15) is 14.4 Å². The van der Waals surface area contributed by atoms with Crippen LogP contribution in [0.15, 0.2) is 47.5 Å². The molecule has 1 aliphatic rings. The third-order valence-corrected chi connectivity index (χ3v) is 5.02. The Hall–Kier alpha value is -3.00. The Morgan fingerprint density at radius 3 is 2.61 bits per heavy atom. The topological polar surface area (TPSA) is 80.6 Å². The smallest absolute Gasteiger partial charge is 0.294 e. The number of thioether (sulfide) groups is 1. The first-order valence-electron chi connectivity index (χ1n) is 8.95. The number of hydrogen-bond acceptors (Lipinski definition) is 5. The van der Waals surface area contributed by atoms with Gasteiger partial charge in [0.2, 0.25) is 5.91 Å². The number of imide groups is 1. The fourth-order valence-electron chi connectivity index (χ4n) is 2.76. The summed E-state index contributed by atoms with van der Waals surface area (Å²) in [7, 11) is 0. The van der Waals surface area contributed by atoms with Crippen LogP contribution in [0.4, 0.5) is 10.5 Å². The van der Waals surface area contributed by atoms with E-state index in [1.165, 1.54) is 0 Å². The molecule has 0 atom stereocenters. The number of ether oxygens (including phenoxy) is 1. The highest BCUT2D eigenvalue weighted by Crippen LogP contribution is 2.32. The van der Waals surface area contributed by atoms with Gasteiger partial charge in [0, 0.05) is 24.1 Å². The van der Waals surface area contributed by atoms with Crippen molar-refractivity contribution in [2.24, 2.45) is 0 Å². The SMILES string of the molecule is CCOc1ccc(NC(=O)CN2C(=O)S/C(=C/c3cccn3CC)C2=O)cc1. The molecule has 3 rings (SSSR count). The first-order chi connectivity index (χ1) is 13.5. The second-order valence-electron chi connectivity index (χ2n) is 5.99. The average molecular weight is 399 g/mol. The van der Waals surface area contributed by atoms with Gasteiger partial charge in [0.15, 0.2) is 0 Å². The number of amides is 3. The van der Waals surface area contributed by atoms with E-state index in [0.717, 1.165) is 28.9 Å². The molecule has 2 heterocycles. The lowest BCUT2D eigenvalue weighted by Crippen LogP contribution is -2.36. The molecule has 1 aromatic carbocycles. The predicted molar refractivity (Wildman–Crippen MR) is 109 cm³/mol. The summed E-state index contributed by atoms with van der Waals surface area (Å²) in [4.78, 5) is 38.3. The molecule has 0 unspecified atom stereocenters. The first kappa shape index (κ1) is 19.8. The molecule has 7 nitrogen and oxygen atoms in total. The third-order valence-electron chi connectivity index (χ3n) is 4.11. The quantitative estimate of drug-likeness (QED) is 0.720. The summed E-state index contributed by atoms with van der Waals surface area (Å²) in [5.74, 6) is -0.196. The lowest BCUT2D eigenvalue weighted by Gasteiger charge is -2.12. The summed E-state index contributed by atoms with van der Waals surface area (Å²) in [5.41, 5.74) is 1.41. The first-order valence-corrected chi connectivity index (χ1v) is 9.76. The van der Waals surface area contributed by atoms with E-state index in [2.05, 4.69) is 5.32 Å². The number of aromatic nitrogens is 1. The van der Waals surface area contributed by atoms with Gasteiger partial charge in [-0.05, 0) is 68.1 Å². The van der Waals surface area contributed by atoms with Crippen molar-refractivity contribution in [3.8, 4) is 5.75 Å². The van der Waals surface area contributed by atoms with Crippen molar-refractivity contribution in [1.82, 2.24) is 9.47 Å². The predicted octanol–water partition coefficient (Wildman–Crippen LogP) is 3.58. The Morgan fingerprint density at radius 1 is 1.18 bits per heavy atom. The van der Waals surface area contributed by atoms with Gasteiger partial charge in [-0.3, -0.25) is 19.3 Å². The zero-order valence-corrected chi connectivity index (χ0v) is 16.5. The molecule has 0 saturated carbocycles. The van der Waals surface area contributed by atoms with Gasteiger partial charge in [0.25, 0.3) is 11.1 Å². The Morgan fingerprint density at radius 2 is 1.93 bits per heavy atom. The van der Waals surface area contributed by atoms with Crippen molar-refractivity contribution in [3.63, 3.8) is 0 Å². The van der Waals surface area contributed by atoms with Crippen molar-refractivity contribution < 1.29 is 19.1 Å². The van der Waals surface area contributed by atoms with E-state index in [0.29, 0.717) is 22.9 Å². The number of aryl methyl sites for hydroxylation is 1. The van der Waals surface area contributed by atoms with Crippen LogP contribution in [0.1, 0.15) is 19.5 Å². The van der Waals surface area contributed by atoms with Crippen molar-refractivity contribution in [3.05, 3.63) is 53.2 Å². The molecule has 3 amide bonds. The van der Waals surface area contributed by atoms with Gasteiger partial charge >= 0.3 is 0 Å². The van der Waals surface area contributed by atoms with Gasteiger partial charge in [-0.1, -0.05) is 0 Å². The van der Waals surface area contributed by atoms with Gasteiger partial charge in [-0.15, -0.1) is 0 Å². The number of benzene rings is 1. The van der Waals surface area contributed by atoms with Crippen LogP contribution < -0.4 is 10.1 Å². The number of carbonyl (C=O) groups excluding carboxylic acids is 3. The van der Waals surface area contributed by atoms with Crippen LogP contribution in [0.5, 0.6) is 5.75 Å². The van der Waals surface area contributed by atoms with E-state index < -0.39 is 17.1 Å². The molecule has 0 spiro atoms. The molecular weight excluding hydrogens is 378 g/mol. The summed E-state index contributed by atoms with van der Waals surface area (Å²) >= 11 is 0.844. The molecule has 28 heavy (non-hydrogen) atoms. The minimum absolute atomic E-state index is 0.312. The number of rotatable bonds is 7. The van der Waals surface area contributed by atoms with Crippen molar-refractivity contribution in [2.75, 3.05) is 18.5 Å². The number of hydrogen-bond donors (Lipinski definition) is 1. The van der Waals surface area contributed by atoms with E-state index in [1.54, 1.807) is 30.3 Å². The normalized spacial score (nSPS) is 15.4. The second kappa shape index (κ2) is 8.79. The van der Waals surface area contributed by atoms with Crippen molar-refractivity contribution >= 4 is 40.6 Å². The fourth-order valence-corrected chi connectivity index (χ4v) is 3.59. The van der Waals surface area contributed by atoms with Gasteiger partial charge < -0.3 is 14.6 Å². The number of carbonyl (C=O) groups is 3. The third kappa shape index (κ3) is 4.45. The zero-order chi connectivity index (χ0) is 20.1. The second-order valence-corrected chi connectivity index (χ2v) is 6.99. The van der Waals surface area contributed by atoms with Gasteiger partial charge in [0.1, 0.15) is 12.3 Å². The van der Waals surface area contributed by atoms with E-state index >= 15 is 0 Å². The minimum atomic E-state index is -0.458. The molecule has 1 fully saturated rings. The molecule has 146 valence electrons. The van der Waals surface area contributed by atoms with Crippen LogP contribution in [0.2, 0.25) is 0 Å². The molecule has 0 aliphatic carbocycles. The number of nitrogens with one attached hydrogen (secondary N) is 1. The molecule has 0 bridgehead atoms. The largest absolute Gasteiger partial charge is 0.494 e. The summed E-state index contributed by atoms with van der Waals surface area (Å²) in [5, 5.41) is 2.23. The Balaban J connectivity index is 1.64.